The summed E-state index contributed by atoms with van der Waals surface area (Å²) in [6.07, 6.45) is 4.99. The summed E-state index contributed by atoms with van der Waals surface area (Å²) in [5.74, 6) is 0.878. The van der Waals surface area contributed by atoms with Gasteiger partial charge in [0, 0.05) is 11.7 Å². The van der Waals surface area contributed by atoms with Gasteiger partial charge in [0.2, 0.25) is 0 Å². The minimum Gasteiger partial charge on any atom is -0.360 e. The molecular formula is C21H34N3O+. The van der Waals surface area contributed by atoms with Crippen LogP contribution in [0.3, 0.4) is 0 Å². The third-order valence-corrected chi connectivity index (χ3v) is 6.26. The highest BCUT2D eigenvalue weighted by Crippen LogP contribution is 2.24. The van der Waals surface area contributed by atoms with Crippen LogP contribution in [0.25, 0.3) is 0 Å². The zero-order valence-electron chi connectivity index (χ0n) is 16.1. The predicted molar refractivity (Wildman–Crippen MR) is 103 cm³/mol. The first-order chi connectivity index (χ1) is 12.0. The van der Waals surface area contributed by atoms with Gasteiger partial charge in [-0.2, -0.15) is 0 Å². The minimum atomic E-state index is 0.244. The van der Waals surface area contributed by atoms with Crippen molar-refractivity contribution in [3.8, 4) is 0 Å². The third-order valence-electron chi connectivity index (χ3n) is 6.26. The molecule has 1 aliphatic carbocycles. The van der Waals surface area contributed by atoms with Crippen molar-refractivity contribution >= 4 is 11.6 Å². The van der Waals surface area contributed by atoms with Crippen molar-refractivity contribution < 1.29 is 9.69 Å². The summed E-state index contributed by atoms with van der Waals surface area (Å²) in [5.41, 5.74) is 4.10. The Kier molecular flexibility index (Phi) is 6.00. The maximum absolute atomic E-state index is 12.4. The molecule has 1 aromatic carbocycles. The van der Waals surface area contributed by atoms with Gasteiger partial charge in [0.1, 0.15) is 0 Å². The van der Waals surface area contributed by atoms with Crippen molar-refractivity contribution in [3.05, 3.63) is 29.3 Å². The fraction of sp³-hybridized carbons (Fsp3) is 0.667. The number of anilines is 1. The van der Waals surface area contributed by atoms with E-state index < -0.39 is 0 Å². The first-order valence-corrected chi connectivity index (χ1v) is 9.98. The van der Waals surface area contributed by atoms with Crippen LogP contribution in [0, 0.1) is 19.8 Å². The molecular weight excluding hydrogens is 310 g/mol. The fourth-order valence-electron chi connectivity index (χ4n) is 4.33. The molecule has 2 atom stereocenters. The molecule has 1 saturated carbocycles. The van der Waals surface area contributed by atoms with Crippen LogP contribution in [-0.2, 0) is 4.79 Å². The van der Waals surface area contributed by atoms with E-state index in [-0.39, 0.29) is 5.91 Å². The lowest BCUT2D eigenvalue weighted by molar-refractivity contribution is -0.892. The zero-order valence-corrected chi connectivity index (χ0v) is 16.1. The van der Waals surface area contributed by atoms with Crippen molar-refractivity contribution in [1.29, 1.82) is 0 Å². The largest absolute Gasteiger partial charge is 0.360 e. The van der Waals surface area contributed by atoms with E-state index in [4.69, 9.17) is 0 Å². The fourth-order valence-corrected chi connectivity index (χ4v) is 4.33. The molecule has 0 unspecified atom stereocenters. The number of hydrogen-bond donors (Lipinski definition) is 2. The van der Waals surface area contributed by atoms with Crippen LogP contribution in [0.15, 0.2) is 18.2 Å². The molecule has 2 N–H and O–H groups in total. The predicted octanol–water partition coefficient (Wildman–Crippen LogP) is 1.70. The number of carbonyl (C=O) groups is 1. The number of carbonyl (C=O) groups excluding carboxylic acids is 1. The molecule has 1 heterocycles. The molecule has 4 nitrogen and oxygen atoms in total. The Labute approximate surface area is 152 Å². The van der Waals surface area contributed by atoms with E-state index >= 15 is 0 Å². The van der Waals surface area contributed by atoms with Gasteiger partial charge in [-0.05, 0) is 49.8 Å². The summed E-state index contributed by atoms with van der Waals surface area (Å²) in [4.78, 5) is 16.3. The molecule has 1 saturated heterocycles. The first kappa shape index (κ1) is 18.2. The number of quaternary nitrogens is 1. The second-order valence-electron chi connectivity index (χ2n) is 8.07. The van der Waals surface area contributed by atoms with Gasteiger partial charge in [-0.3, -0.25) is 4.79 Å². The third kappa shape index (κ3) is 4.55. The summed E-state index contributed by atoms with van der Waals surface area (Å²) in [6, 6.07) is 6.95. The quantitative estimate of drug-likeness (QED) is 0.872. The molecule has 0 aromatic heterocycles. The molecule has 2 aliphatic rings. The first-order valence-electron chi connectivity index (χ1n) is 9.98. The van der Waals surface area contributed by atoms with Crippen LogP contribution >= 0.6 is 0 Å². The Bertz CT molecular complexity index is 593. The molecule has 138 valence electrons. The van der Waals surface area contributed by atoms with Crippen molar-refractivity contribution in [2.45, 2.75) is 52.5 Å². The number of hydrogen-bond acceptors (Lipinski definition) is 2. The number of benzene rings is 1. The van der Waals surface area contributed by atoms with E-state index in [1.54, 1.807) is 0 Å². The summed E-state index contributed by atoms with van der Waals surface area (Å²) >= 11 is 0. The Morgan fingerprint density at radius 1 is 1.20 bits per heavy atom. The maximum atomic E-state index is 12.4. The molecule has 0 spiro atoms. The van der Waals surface area contributed by atoms with Gasteiger partial charge in [0.25, 0.3) is 5.91 Å². The smallest absolute Gasteiger partial charge is 0.275 e. The molecule has 2 fully saturated rings. The van der Waals surface area contributed by atoms with Crippen LogP contribution in [-0.4, -0.2) is 44.7 Å². The van der Waals surface area contributed by atoms with Gasteiger partial charge in [0.15, 0.2) is 6.54 Å². The molecule has 0 radical (unpaired) electrons. The number of piperazine rings is 1. The SMILES string of the molecule is Cc1cccc(N2CC[NH+](CC(=O)N[C@@H]3CCCC[C@H]3C)CC2)c1C. The monoisotopic (exact) mass is 344 g/mol. The topological polar surface area (TPSA) is 36.8 Å². The van der Waals surface area contributed by atoms with Crippen molar-refractivity contribution in [2.75, 3.05) is 37.6 Å². The van der Waals surface area contributed by atoms with E-state index in [0.29, 0.717) is 18.5 Å². The van der Waals surface area contributed by atoms with Crippen molar-refractivity contribution in [3.63, 3.8) is 0 Å². The molecule has 1 amide bonds. The number of nitrogens with one attached hydrogen (secondary N) is 2. The van der Waals surface area contributed by atoms with Crippen LogP contribution < -0.4 is 15.1 Å². The molecule has 4 heteroatoms. The van der Waals surface area contributed by atoms with Crippen molar-refractivity contribution in [2.24, 2.45) is 5.92 Å². The molecule has 0 bridgehead atoms. The van der Waals surface area contributed by atoms with Gasteiger partial charge in [-0.1, -0.05) is 31.9 Å². The lowest BCUT2D eigenvalue weighted by atomic mass is 9.86. The van der Waals surface area contributed by atoms with Crippen LogP contribution in [0.5, 0.6) is 0 Å². The van der Waals surface area contributed by atoms with E-state index in [0.717, 1.165) is 32.6 Å². The second-order valence-corrected chi connectivity index (χ2v) is 8.07. The van der Waals surface area contributed by atoms with Crippen LogP contribution in [0.4, 0.5) is 5.69 Å². The summed E-state index contributed by atoms with van der Waals surface area (Å²) in [6.45, 7) is 11.4. The number of amides is 1. The standard InChI is InChI=1S/C21H33N3O/c1-16-8-6-10-20(18(16)3)24-13-11-23(12-14-24)15-21(25)22-19-9-5-4-7-17(19)2/h6,8,10,17,19H,4-5,7,9,11-15H2,1-3H3,(H,22,25)/p+1/t17-,19-/m1/s1. The Morgan fingerprint density at radius 3 is 2.64 bits per heavy atom. The Morgan fingerprint density at radius 2 is 1.92 bits per heavy atom. The van der Waals surface area contributed by atoms with E-state index in [1.807, 2.05) is 0 Å². The van der Waals surface area contributed by atoms with Gasteiger partial charge < -0.3 is 15.1 Å². The van der Waals surface area contributed by atoms with E-state index in [1.165, 1.54) is 41.0 Å². The highest BCUT2D eigenvalue weighted by atomic mass is 16.2. The maximum Gasteiger partial charge on any atom is 0.275 e. The summed E-state index contributed by atoms with van der Waals surface area (Å²) in [5, 5.41) is 3.30. The van der Waals surface area contributed by atoms with Gasteiger partial charge in [-0.15, -0.1) is 0 Å². The van der Waals surface area contributed by atoms with E-state index in [9.17, 15) is 4.79 Å². The van der Waals surface area contributed by atoms with E-state index in [2.05, 4.69) is 49.2 Å². The number of nitrogens with zero attached hydrogens (tertiary/aromatic N) is 1. The normalized spacial score (nSPS) is 25.0. The Hall–Kier alpha value is -1.55. The lowest BCUT2D eigenvalue weighted by Crippen LogP contribution is -3.16. The molecule has 1 aromatic rings. The van der Waals surface area contributed by atoms with Gasteiger partial charge in [-0.25, -0.2) is 0 Å². The average Bonchev–Trinajstić information content (AvgIpc) is 2.60. The van der Waals surface area contributed by atoms with Crippen LogP contribution in [0.2, 0.25) is 0 Å². The summed E-state index contributed by atoms with van der Waals surface area (Å²) < 4.78 is 0. The number of aryl methyl sites for hydroxylation is 1. The van der Waals surface area contributed by atoms with Crippen LogP contribution in [0.1, 0.15) is 43.7 Å². The minimum absolute atomic E-state index is 0.244. The highest BCUT2D eigenvalue weighted by Gasteiger charge is 2.26. The van der Waals surface area contributed by atoms with Crippen molar-refractivity contribution in [1.82, 2.24) is 5.32 Å². The van der Waals surface area contributed by atoms with Gasteiger partial charge >= 0.3 is 0 Å². The molecule has 1 aliphatic heterocycles. The highest BCUT2D eigenvalue weighted by molar-refractivity contribution is 5.77. The average molecular weight is 345 g/mol. The van der Waals surface area contributed by atoms with Gasteiger partial charge in [0.05, 0.1) is 26.2 Å². The molecule has 3 rings (SSSR count). The lowest BCUT2D eigenvalue weighted by Gasteiger charge is -2.35. The zero-order chi connectivity index (χ0) is 17.8. The molecule has 25 heavy (non-hydrogen) atoms. The summed E-state index contributed by atoms with van der Waals surface area (Å²) in [7, 11) is 0. The number of rotatable bonds is 4. The second kappa shape index (κ2) is 8.22. The Balaban J connectivity index is 1.47.